The molecule has 0 bridgehead atoms. The fourth-order valence-electron chi connectivity index (χ4n) is 2.23. The van der Waals surface area contributed by atoms with Gasteiger partial charge < -0.3 is 5.11 Å². The second kappa shape index (κ2) is 6.89. The maximum absolute atomic E-state index is 9.82. The molecule has 5 heteroatoms. The Labute approximate surface area is 95.0 Å². The van der Waals surface area contributed by atoms with Crippen molar-refractivity contribution in [2.75, 3.05) is 0 Å². The van der Waals surface area contributed by atoms with Gasteiger partial charge in [-0.15, -0.1) is 0 Å². The van der Waals surface area contributed by atoms with Crippen molar-refractivity contribution >= 4 is 0 Å². The largest absolute Gasteiger partial charge is 0.389 e. The number of aliphatic hydroxyl groups is 1. The predicted octanol–water partition coefficient (Wildman–Crippen LogP) is 2.69. The van der Waals surface area contributed by atoms with Gasteiger partial charge in [0.05, 0.1) is 18.2 Å². The normalized spacial score (nSPS) is 21.0. The highest BCUT2D eigenvalue weighted by molar-refractivity contribution is 5.07. The lowest BCUT2D eigenvalue weighted by Gasteiger charge is -2.29. The van der Waals surface area contributed by atoms with Gasteiger partial charge in [0.25, 0.3) is 0 Å². The van der Waals surface area contributed by atoms with E-state index in [1.165, 1.54) is 18.6 Å². The van der Waals surface area contributed by atoms with Crippen LogP contribution in [0.5, 0.6) is 0 Å². The Morgan fingerprint density at radius 2 is 2.12 bits per heavy atom. The average Bonchev–Trinajstić information content (AvgIpc) is 2.34. The van der Waals surface area contributed by atoms with Gasteiger partial charge in [0, 0.05) is 11.0 Å². The van der Waals surface area contributed by atoms with E-state index in [4.69, 9.17) is 10.8 Å². The molecule has 1 saturated carbocycles. The summed E-state index contributed by atoms with van der Waals surface area (Å²) in [6.45, 7) is 0. The molecule has 0 aromatic heterocycles. The third-order valence-corrected chi connectivity index (χ3v) is 3.04. The molecule has 0 heterocycles. The van der Waals surface area contributed by atoms with Crippen LogP contribution in [0.1, 0.15) is 32.1 Å². The van der Waals surface area contributed by atoms with Crippen molar-refractivity contribution < 1.29 is 5.11 Å². The summed E-state index contributed by atoms with van der Waals surface area (Å²) in [5, 5.41) is 21.9. The van der Waals surface area contributed by atoms with Crippen LogP contribution in [0.4, 0.5) is 0 Å². The number of nitrogens with zero attached hydrogens (tertiary/aromatic N) is 4. The molecule has 1 aliphatic rings. The van der Waals surface area contributed by atoms with Gasteiger partial charge in [-0.25, -0.2) is 0 Å². The smallest absolute Gasteiger partial charge is 0.0909 e. The van der Waals surface area contributed by atoms with E-state index in [0.29, 0.717) is 0 Å². The Bertz CT molecular complexity index is 321. The van der Waals surface area contributed by atoms with E-state index in [1.807, 2.05) is 6.07 Å². The van der Waals surface area contributed by atoms with Crippen LogP contribution < -0.4 is 0 Å². The summed E-state index contributed by atoms with van der Waals surface area (Å²) in [7, 11) is 0. The number of allylic oxidation sites excluding steroid dienone is 1. The van der Waals surface area contributed by atoms with E-state index in [0.717, 1.165) is 25.7 Å². The Balaban J connectivity index is 2.69. The number of hydrogen-bond donors (Lipinski definition) is 1. The number of rotatable bonds is 4. The average molecular weight is 220 g/mol. The van der Waals surface area contributed by atoms with Crippen molar-refractivity contribution in [2.45, 2.75) is 44.2 Å². The molecule has 1 rings (SSSR count). The van der Waals surface area contributed by atoms with Crippen LogP contribution in [-0.4, -0.2) is 17.3 Å². The number of azide groups is 1. The van der Waals surface area contributed by atoms with E-state index < -0.39 is 12.1 Å². The maximum atomic E-state index is 9.82. The monoisotopic (exact) mass is 220 g/mol. The molecule has 0 spiro atoms. The van der Waals surface area contributed by atoms with Crippen molar-refractivity contribution in [1.29, 1.82) is 5.26 Å². The topological polar surface area (TPSA) is 92.8 Å². The summed E-state index contributed by atoms with van der Waals surface area (Å²) in [5.74, 6) is 0.239. The standard InChI is InChI=1S/C11H16N4O/c12-8-4-7-10(16)11(14-15-13)9-5-2-1-3-6-9/h4,7,9-11,16H,1-3,5-6H2/b7-4+/t10-,11+/m1/s1. The fourth-order valence-corrected chi connectivity index (χ4v) is 2.23. The van der Waals surface area contributed by atoms with Crippen LogP contribution in [0.15, 0.2) is 17.3 Å². The molecule has 1 N–H and O–H groups in total. The van der Waals surface area contributed by atoms with E-state index in [2.05, 4.69) is 10.0 Å². The lowest BCUT2D eigenvalue weighted by Crippen LogP contribution is -2.31. The van der Waals surface area contributed by atoms with Crippen LogP contribution in [0.3, 0.4) is 0 Å². The summed E-state index contributed by atoms with van der Waals surface area (Å²) >= 11 is 0. The minimum absolute atomic E-state index is 0.239. The minimum atomic E-state index is -0.848. The lowest BCUT2D eigenvalue weighted by atomic mass is 9.82. The van der Waals surface area contributed by atoms with Gasteiger partial charge in [0.2, 0.25) is 0 Å². The molecule has 0 radical (unpaired) electrons. The lowest BCUT2D eigenvalue weighted by molar-refractivity contribution is 0.141. The molecule has 0 unspecified atom stereocenters. The van der Waals surface area contributed by atoms with Gasteiger partial charge in [-0.2, -0.15) is 5.26 Å². The highest BCUT2D eigenvalue weighted by Crippen LogP contribution is 2.29. The summed E-state index contributed by atoms with van der Waals surface area (Å²) in [4.78, 5) is 2.79. The first-order valence-electron chi connectivity index (χ1n) is 5.58. The molecular weight excluding hydrogens is 204 g/mol. The van der Waals surface area contributed by atoms with Crippen LogP contribution in [0, 0.1) is 17.2 Å². The third kappa shape index (κ3) is 3.58. The number of aliphatic hydroxyl groups excluding tert-OH is 1. The molecule has 0 amide bonds. The van der Waals surface area contributed by atoms with Crippen molar-refractivity contribution in [1.82, 2.24) is 0 Å². The quantitative estimate of drug-likeness (QED) is 0.341. The van der Waals surface area contributed by atoms with Gasteiger partial charge in [-0.3, -0.25) is 0 Å². The van der Waals surface area contributed by atoms with E-state index in [-0.39, 0.29) is 5.92 Å². The van der Waals surface area contributed by atoms with Crippen LogP contribution in [0.25, 0.3) is 10.4 Å². The van der Waals surface area contributed by atoms with Crippen molar-refractivity contribution in [3.63, 3.8) is 0 Å². The summed E-state index contributed by atoms with van der Waals surface area (Å²) in [6, 6.07) is 1.39. The molecule has 2 atom stereocenters. The van der Waals surface area contributed by atoms with Gasteiger partial charge in [0.15, 0.2) is 0 Å². The van der Waals surface area contributed by atoms with Gasteiger partial charge in [-0.05, 0) is 30.4 Å². The Hall–Kier alpha value is -1.50. The molecule has 16 heavy (non-hydrogen) atoms. The first-order valence-corrected chi connectivity index (χ1v) is 5.58. The highest BCUT2D eigenvalue weighted by atomic mass is 16.3. The van der Waals surface area contributed by atoms with Gasteiger partial charge >= 0.3 is 0 Å². The van der Waals surface area contributed by atoms with Crippen LogP contribution in [-0.2, 0) is 0 Å². The Morgan fingerprint density at radius 3 is 2.69 bits per heavy atom. The summed E-state index contributed by atoms with van der Waals surface area (Å²) < 4.78 is 0. The number of hydrogen-bond acceptors (Lipinski definition) is 3. The van der Waals surface area contributed by atoms with Crippen molar-refractivity contribution in [3.8, 4) is 6.07 Å². The first-order chi connectivity index (χ1) is 7.79. The molecule has 0 saturated heterocycles. The minimum Gasteiger partial charge on any atom is -0.389 e. The number of nitriles is 1. The Kier molecular flexibility index (Phi) is 5.41. The van der Waals surface area contributed by atoms with E-state index in [9.17, 15) is 5.11 Å². The maximum Gasteiger partial charge on any atom is 0.0909 e. The molecule has 0 aromatic rings. The second-order valence-electron chi connectivity index (χ2n) is 4.07. The highest BCUT2D eigenvalue weighted by Gasteiger charge is 2.27. The fraction of sp³-hybridized carbons (Fsp3) is 0.727. The molecule has 86 valence electrons. The van der Waals surface area contributed by atoms with Gasteiger partial charge in [-0.1, -0.05) is 24.4 Å². The third-order valence-electron chi connectivity index (χ3n) is 3.04. The second-order valence-corrected chi connectivity index (χ2v) is 4.07. The van der Waals surface area contributed by atoms with Crippen LogP contribution in [0.2, 0.25) is 0 Å². The summed E-state index contributed by atoms with van der Waals surface area (Å²) in [5.41, 5.74) is 8.50. The Morgan fingerprint density at radius 1 is 1.44 bits per heavy atom. The zero-order valence-electron chi connectivity index (χ0n) is 9.16. The van der Waals surface area contributed by atoms with Crippen molar-refractivity contribution in [2.24, 2.45) is 11.0 Å². The zero-order valence-corrected chi connectivity index (χ0v) is 9.16. The van der Waals surface area contributed by atoms with E-state index in [1.54, 1.807) is 0 Å². The molecule has 1 fully saturated rings. The zero-order chi connectivity index (χ0) is 11.8. The van der Waals surface area contributed by atoms with E-state index >= 15 is 0 Å². The molecule has 0 aromatic carbocycles. The van der Waals surface area contributed by atoms with Gasteiger partial charge in [0.1, 0.15) is 0 Å². The molecule has 5 nitrogen and oxygen atoms in total. The molecule has 1 aliphatic carbocycles. The summed E-state index contributed by atoms with van der Waals surface area (Å²) in [6.07, 6.45) is 7.21. The molecular formula is C11H16N4O. The molecule has 0 aliphatic heterocycles. The first kappa shape index (κ1) is 12.6. The predicted molar refractivity (Wildman–Crippen MR) is 60.3 cm³/mol. The van der Waals surface area contributed by atoms with Crippen LogP contribution >= 0.6 is 0 Å². The van der Waals surface area contributed by atoms with Crippen molar-refractivity contribution in [3.05, 3.63) is 22.6 Å². The SMILES string of the molecule is N#C/C=C/[C@@H](O)[C@@H](N=[N+]=[N-])C1CCCCC1.